The minimum Gasteiger partial charge on any atom is -0.350 e. The highest BCUT2D eigenvalue weighted by molar-refractivity contribution is 6.30. The minimum atomic E-state index is -0.182. The second kappa shape index (κ2) is 7.56. The van der Waals surface area contributed by atoms with Crippen LogP contribution >= 0.6 is 11.6 Å². The van der Waals surface area contributed by atoms with E-state index in [0.717, 1.165) is 31.2 Å². The molecule has 3 amide bonds. The summed E-state index contributed by atoms with van der Waals surface area (Å²) in [6, 6.07) is 7.14. The SMILES string of the molecule is C[C@H](NC(=O)CCN1C(=O)[C@H]2CCCC[C@H]2C1=O)c1cccc(Cl)c1. The molecule has 134 valence electrons. The van der Waals surface area contributed by atoms with Crippen LogP contribution < -0.4 is 5.32 Å². The van der Waals surface area contributed by atoms with E-state index in [1.165, 1.54) is 4.90 Å². The average Bonchev–Trinajstić information content (AvgIpc) is 2.84. The fourth-order valence-corrected chi connectivity index (χ4v) is 4.04. The lowest BCUT2D eigenvalue weighted by Crippen LogP contribution is -2.36. The van der Waals surface area contributed by atoms with Gasteiger partial charge in [0, 0.05) is 18.0 Å². The van der Waals surface area contributed by atoms with Gasteiger partial charge in [0.2, 0.25) is 17.7 Å². The fourth-order valence-electron chi connectivity index (χ4n) is 3.84. The molecule has 0 spiro atoms. The summed E-state index contributed by atoms with van der Waals surface area (Å²) >= 11 is 5.97. The molecule has 0 unspecified atom stereocenters. The number of carbonyl (C=O) groups is 3. The predicted octanol–water partition coefficient (Wildman–Crippen LogP) is 3.08. The Labute approximate surface area is 152 Å². The molecule has 1 heterocycles. The van der Waals surface area contributed by atoms with Crippen LogP contribution in [0, 0.1) is 11.8 Å². The van der Waals surface area contributed by atoms with Crippen molar-refractivity contribution in [2.24, 2.45) is 11.8 Å². The summed E-state index contributed by atoms with van der Waals surface area (Å²) in [4.78, 5) is 38.3. The van der Waals surface area contributed by atoms with E-state index in [1.54, 1.807) is 6.07 Å². The van der Waals surface area contributed by atoms with Gasteiger partial charge < -0.3 is 5.32 Å². The zero-order valence-corrected chi connectivity index (χ0v) is 15.1. The number of rotatable bonds is 5. The average molecular weight is 363 g/mol. The van der Waals surface area contributed by atoms with Crippen LogP contribution in [-0.2, 0) is 14.4 Å². The Morgan fingerprint density at radius 1 is 1.24 bits per heavy atom. The number of amides is 3. The second-order valence-electron chi connectivity index (χ2n) is 6.92. The molecule has 1 aliphatic carbocycles. The van der Waals surface area contributed by atoms with E-state index >= 15 is 0 Å². The summed E-state index contributed by atoms with van der Waals surface area (Å²) in [7, 11) is 0. The number of hydrogen-bond donors (Lipinski definition) is 1. The van der Waals surface area contributed by atoms with Crippen LogP contribution in [0.1, 0.15) is 50.6 Å². The zero-order valence-electron chi connectivity index (χ0n) is 14.3. The fraction of sp³-hybridized carbons (Fsp3) is 0.526. The number of nitrogens with one attached hydrogen (secondary N) is 1. The van der Waals surface area contributed by atoms with Gasteiger partial charge in [0.05, 0.1) is 17.9 Å². The van der Waals surface area contributed by atoms with E-state index < -0.39 is 0 Å². The Morgan fingerprint density at radius 3 is 2.48 bits per heavy atom. The lowest BCUT2D eigenvalue weighted by atomic mass is 9.81. The molecule has 3 rings (SSSR count). The lowest BCUT2D eigenvalue weighted by molar-refractivity contribution is -0.140. The molecule has 1 aromatic carbocycles. The second-order valence-corrected chi connectivity index (χ2v) is 7.36. The van der Waals surface area contributed by atoms with Crippen molar-refractivity contribution in [3.8, 4) is 0 Å². The minimum absolute atomic E-state index is 0.0922. The first-order valence-electron chi connectivity index (χ1n) is 8.87. The zero-order chi connectivity index (χ0) is 18.0. The van der Waals surface area contributed by atoms with E-state index in [1.807, 2.05) is 25.1 Å². The van der Waals surface area contributed by atoms with Crippen molar-refractivity contribution in [1.29, 1.82) is 0 Å². The van der Waals surface area contributed by atoms with Gasteiger partial charge in [-0.3, -0.25) is 19.3 Å². The lowest BCUT2D eigenvalue weighted by Gasteiger charge is -2.19. The van der Waals surface area contributed by atoms with Crippen LogP contribution in [0.15, 0.2) is 24.3 Å². The normalized spacial score (nSPS) is 24.2. The monoisotopic (exact) mass is 362 g/mol. The molecule has 0 aromatic heterocycles. The summed E-state index contributed by atoms with van der Waals surface area (Å²) in [5, 5.41) is 3.51. The van der Waals surface area contributed by atoms with Crippen molar-refractivity contribution >= 4 is 29.3 Å². The number of likely N-dealkylation sites (tertiary alicyclic amines) is 1. The number of nitrogens with zero attached hydrogens (tertiary/aromatic N) is 1. The molecule has 2 fully saturated rings. The van der Waals surface area contributed by atoms with Gasteiger partial charge in [-0.25, -0.2) is 0 Å². The number of halogens is 1. The van der Waals surface area contributed by atoms with Gasteiger partial charge >= 0.3 is 0 Å². The molecule has 3 atom stereocenters. The largest absolute Gasteiger partial charge is 0.350 e. The van der Waals surface area contributed by atoms with Crippen LogP contribution in [-0.4, -0.2) is 29.2 Å². The van der Waals surface area contributed by atoms with Gasteiger partial charge in [-0.1, -0.05) is 36.6 Å². The van der Waals surface area contributed by atoms with Crippen molar-refractivity contribution in [3.05, 3.63) is 34.9 Å². The highest BCUT2D eigenvalue weighted by Gasteiger charge is 2.47. The van der Waals surface area contributed by atoms with Gasteiger partial charge in [0.25, 0.3) is 0 Å². The third-order valence-electron chi connectivity index (χ3n) is 5.22. The van der Waals surface area contributed by atoms with E-state index in [-0.39, 0.29) is 48.6 Å². The summed E-state index contributed by atoms with van der Waals surface area (Å²) in [6.07, 6.45) is 3.73. The third kappa shape index (κ3) is 3.87. The standard InChI is InChI=1S/C19H23ClN2O3/c1-12(13-5-4-6-14(20)11-13)21-17(23)9-10-22-18(24)15-7-2-3-8-16(15)19(22)25/h4-6,11-12,15-16H,2-3,7-10H2,1H3,(H,21,23)/t12-,15-,16+/m0/s1. The van der Waals surface area contributed by atoms with Gasteiger partial charge in [0.15, 0.2) is 0 Å². The molecule has 1 aliphatic heterocycles. The summed E-state index contributed by atoms with van der Waals surface area (Å²) in [6.45, 7) is 2.04. The Balaban J connectivity index is 1.53. The van der Waals surface area contributed by atoms with Crippen molar-refractivity contribution < 1.29 is 14.4 Å². The Kier molecular flexibility index (Phi) is 5.42. The van der Waals surface area contributed by atoms with E-state index in [2.05, 4.69) is 5.32 Å². The first kappa shape index (κ1) is 17.9. The number of imide groups is 1. The topological polar surface area (TPSA) is 66.5 Å². The molecule has 0 bridgehead atoms. The summed E-state index contributed by atoms with van der Waals surface area (Å²) < 4.78 is 0. The molecular formula is C19H23ClN2O3. The van der Waals surface area contributed by atoms with Crippen molar-refractivity contribution in [3.63, 3.8) is 0 Å². The van der Waals surface area contributed by atoms with E-state index in [9.17, 15) is 14.4 Å². The smallest absolute Gasteiger partial charge is 0.233 e. The highest BCUT2D eigenvalue weighted by atomic mass is 35.5. The first-order valence-corrected chi connectivity index (χ1v) is 9.25. The van der Waals surface area contributed by atoms with Crippen molar-refractivity contribution in [2.45, 2.75) is 45.1 Å². The van der Waals surface area contributed by atoms with Gasteiger partial charge in [0.1, 0.15) is 0 Å². The van der Waals surface area contributed by atoms with E-state index in [0.29, 0.717) is 5.02 Å². The van der Waals surface area contributed by atoms with Crippen LogP contribution in [0.25, 0.3) is 0 Å². The van der Waals surface area contributed by atoms with Crippen LogP contribution in [0.3, 0.4) is 0 Å². The maximum atomic E-state index is 12.4. The van der Waals surface area contributed by atoms with Crippen LogP contribution in [0.5, 0.6) is 0 Å². The Bertz CT molecular complexity index is 667. The number of carbonyl (C=O) groups excluding carboxylic acids is 3. The van der Waals surface area contributed by atoms with Gasteiger partial charge in [-0.2, -0.15) is 0 Å². The predicted molar refractivity (Wildman–Crippen MR) is 94.8 cm³/mol. The molecule has 1 saturated carbocycles. The number of benzene rings is 1. The number of hydrogen-bond acceptors (Lipinski definition) is 3. The van der Waals surface area contributed by atoms with Crippen molar-refractivity contribution in [2.75, 3.05) is 6.54 Å². The molecule has 5 nitrogen and oxygen atoms in total. The third-order valence-corrected chi connectivity index (χ3v) is 5.46. The molecule has 1 aromatic rings. The maximum Gasteiger partial charge on any atom is 0.233 e. The maximum absolute atomic E-state index is 12.4. The quantitative estimate of drug-likeness (QED) is 0.818. The highest BCUT2D eigenvalue weighted by Crippen LogP contribution is 2.37. The number of fused-ring (bicyclic) bond motifs is 1. The molecule has 25 heavy (non-hydrogen) atoms. The summed E-state index contributed by atoms with van der Waals surface area (Å²) in [5.74, 6) is -0.678. The Hall–Kier alpha value is -1.88. The molecule has 1 saturated heterocycles. The van der Waals surface area contributed by atoms with Crippen molar-refractivity contribution in [1.82, 2.24) is 10.2 Å². The van der Waals surface area contributed by atoms with Crippen LogP contribution in [0.4, 0.5) is 0 Å². The van der Waals surface area contributed by atoms with E-state index in [4.69, 9.17) is 11.6 Å². The summed E-state index contributed by atoms with van der Waals surface area (Å²) in [5.41, 5.74) is 0.917. The molecule has 1 N–H and O–H groups in total. The first-order chi connectivity index (χ1) is 12.0. The molecular weight excluding hydrogens is 340 g/mol. The Morgan fingerprint density at radius 2 is 1.88 bits per heavy atom. The van der Waals surface area contributed by atoms with Gasteiger partial charge in [-0.05, 0) is 37.5 Å². The van der Waals surface area contributed by atoms with Crippen LogP contribution in [0.2, 0.25) is 5.02 Å². The molecule has 2 aliphatic rings. The molecule has 0 radical (unpaired) electrons. The molecule has 6 heteroatoms. The van der Waals surface area contributed by atoms with Gasteiger partial charge in [-0.15, -0.1) is 0 Å².